The standard InChI is InChI=1S/C19H27N3O5/c1-11(2)26-18(24)21-22(19(25)27-12(3)4)16-10-14-8-6-7-9-15(14)17(16)20-13(5)23/h6-9,11-12,16-17H,10H2,1-5H3,(H,20,23)(H,21,24)/t16-,17-/m0/s1. The summed E-state index contributed by atoms with van der Waals surface area (Å²) in [6.45, 7) is 8.27. The Morgan fingerprint density at radius 2 is 1.70 bits per heavy atom. The first-order valence-corrected chi connectivity index (χ1v) is 9.01. The van der Waals surface area contributed by atoms with Crippen LogP contribution in [0.5, 0.6) is 0 Å². The zero-order valence-corrected chi connectivity index (χ0v) is 16.3. The summed E-state index contributed by atoms with van der Waals surface area (Å²) < 4.78 is 10.4. The highest BCUT2D eigenvalue weighted by Gasteiger charge is 2.41. The Hall–Kier alpha value is -2.77. The van der Waals surface area contributed by atoms with E-state index in [1.54, 1.807) is 27.7 Å². The fraction of sp³-hybridized carbons (Fsp3) is 0.526. The van der Waals surface area contributed by atoms with Gasteiger partial charge in [-0.3, -0.25) is 4.79 Å². The van der Waals surface area contributed by atoms with Crippen LogP contribution in [0.2, 0.25) is 0 Å². The lowest BCUT2D eigenvalue weighted by molar-refractivity contribution is -0.120. The van der Waals surface area contributed by atoms with Crippen molar-refractivity contribution in [3.63, 3.8) is 0 Å². The van der Waals surface area contributed by atoms with Crippen LogP contribution in [0.15, 0.2) is 24.3 Å². The molecule has 148 valence electrons. The van der Waals surface area contributed by atoms with Gasteiger partial charge in [-0.05, 0) is 45.2 Å². The molecule has 1 aliphatic rings. The lowest BCUT2D eigenvalue weighted by Gasteiger charge is -2.33. The van der Waals surface area contributed by atoms with E-state index < -0.39 is 24.3 Å². The van der Waals surface area contributed by atoms with Gasteiger partial charge in [0.2, 0.25) is 5.91 Å². The molecule has 8 nitrogen and oxygen atoms in total. The SMILES string of the molecule is CC(=O)N[C@H]1c2ccccc2C[C@@H]1N(NC(=O)OC(C)C)C(=O)OC(C)C. The largest absolute Gasteiger partial charge is 0.446 e. The topological polar surface area (TPSA) is 97.0 Å². The van der Waals surface area contributed by atoms with Gasteiger partial charge in [-0.1, -0.05) is 24.3 Å². The second kappa shape index (κ2) is 8.75. The van der Waals surface area contributed by atoms with Gasteiger partial charge in [0.25, 0.3) is 0 Å². The summed E-state index contributed by atoms with van der Waals surface area (Å²) in [5.74, 6) is -0.233. The van der Waals surface area contributed by atoms with Gasteiger partial charge in [-0.25, -0.2) is 20.0 Å². The lowest BCUT2D eigenvalue weighted by Crippen LogP contribution is -2.56. The molecule has 27 heavy (non-hydrogen) atoms. The Bertz CT molecular complexity index is 704. The van der Waals surface area contributed by atoms with Crippen LogP contribution in [0, 0.1) is 0 Å². The number of ether oxygens (including phenoxy) is 2. The van der Waals surface area contributed by atoms with E-state index in [-0.39, 0.29) is 18.1 Å². The third-order valence-corrected chi connectivity index (χ3v) is 3.98. The maximum absolute atomic E-state index is 12.7. The van der Waals surface area contributed by atoms with Crippen molar-refractivity contribution in [2.75, 3.05) is 0 Å². The molecule has 3 amide bonds. The van der Waals surface area contributed by atoms with E-state index in [2.05, 4.69) is 10.7 Å². The molecule has 0 saturated heterocycles. The molecule has 0 radical (unpaired) electrons. The second-order valence-electron chi connectivity index (χ2n) is 7.02. The van der Waals surface area contributed by atoms with E-state index in [1.807, 2.05) is 24.3 Å². The number of hydrogen-bond acceptors (Lipinski definition) is 5. The monoisotopic (exact) mass is 377 g/mol. The zero-order valence-electron chi connectivity index (χ0n) is 16.3. The third-order valence-electron chi connectivity index (χ3n) is 3.98. The van der Waals surface area contributed by atoms with Crippen molar-refractivity contribution >= 4 is 18.1 Å². The first-order chi connectivity index (χ1) is 12.7. The number of nitrogens with zero attached hydrogens (tertiary/aromatic N) is 1. The fourth-order valence-electron chi connectivity index (χ4n) is 3.07. The third kappa shape index (κ3) is 5.35. The first kappa shape index (κ1) is 20.5. The summed E-state index contributed by atoms with van der Waals surface area (Å²) in [5, 5.41) is 3.99. The number of carbonyl (C=O) groups is 3. The molecule has 0 unspecified atom stereocenters. The maximum atomic E-state index is 12.7. The van der Waals surface area contributed by atoms with Crippen molar-refractivity contribution < 1.29 is 23.9 Å². The fourth-order valence-corrected chi connectivity index (χ4v) is 3.07. The Labute approximate surface area is 159 Å². The van der Waals surface area contributed by atoms with Gasteiger partial charge in [0.05, 0.1) is 24.3 Å². The van der Waals surface area contributed by atoms with Crippen molar-refractivity contribution in [2.24, 2.45) is 0 Å². The Morgan fingerprint density at radius 3 is 2.30 bits per heavy atom. The molecule has 0 aromatic heterocycles. The van der Waals surface area contributed by atoms with Crippen LogP contribution in [0.25, 0.3) is 0 Å². The molecule has 0 fully saturated rings. The molecule has 0 saturated carbocycles. The molecule has 1 aliphatic carbocycles. The van der Waals surface area contributed by atoms with Crippen LogP contribution >= 0.6 is 0 Å². The van der Waals surface area contributed by atoms with Gasteiger partial charge in [-0.15, -0.1) is 0 Å². The predicted octanol–water partition coefficient (Wildman–Crippen LogP) is 2.69. The normalized spacial score (nSPS) is 18.0. The highest BCUT2D eigenvalue weighted by Crippen LogP contribution is 2.34. The minimum absolute atomic E-state index is 0.233. The number of carbonyl (C=O) groups excluding carboxylic acids is 3. The highest BCUT2D eigenvalue weighted by molar-refractivity contribution is 5.76. The molecule has 0 heterocycles. The molecule has 1 aromatic carbocycles. The van der Waals surface area contributed by atoms with Gasteiger partial charge >= 0.3 is 12.2 Å². The molecular formula is C19H27N3O5. The summed E-state index contributed by atoms with van der Waals surface area (Å²) in [6, 6.07) is 6.57. The Kier molecular flexibility index (Phi) is 6.65. The summed E-state index contributed by atoms with van der Waals surface area (Å²) in [7, 11) is 0. The second-order valence-corrected chi connectivity index (χ2v) is 7.02. The molecule has 0 bridgehead atoms. The van der Waals surface area contributed by atoms with Crippen molar-refractivity contribution in [3.8, 4) is 0 Å². The van der Waals surface area contributed by atoms with E-state index in [4.69, 9.17) is 9.47 Å². The summed E-state index contributed by atoms with van der Waals surface area (Å²) in [4.78, 5) is 36.5. The van der Waals surface area contributed by atoms with Crippen molar-refractivity contribution in [1.82, 2.24) is 15.8 Å². The van der Waals surface area contributed by atoms with Gasteiger partial charge in [0, 0.05) is 6.92 Å². The summed E-state index contributed by atoms with van der Waals surface area (Å²) in [5.41, 5.74) is 4.37. The maximum Gasteiger partial charge on any atom is 0.429 e. The van der Waals surface area contributed by atoms with Crippen molar-refractivity contribution in [1.29, 1.82) is 0 Å². The smallest absolute Gasteiger partial charge is 0.429 e. The molecule has 2 rings (SSSR count). The molecule has 0 aliphatic heterocycles. The van der Waals surface area contributed by atoms with E-state index in [0.717, 1.165) is 16.1 Å². The summed E-state index contributed by atoms with van der Waals surface area (Å²) >= 11 is 0. The number of hydrogen-bond donors (Lipinski definition) is 2. The van der Waals surface area contributed by atoms with Gasteiger partial charge < -0.3 is 14.8 Å². The Morgan fingerprint density at radius 1 is 1.07 bits per heavy atom. The van der Waals surface area contributed by atoms with Crippen LogP contribution in [-0.2, 0) is 20.7 Å². The highest BCUT2D eigenvalue weighted by atomic mass is 16.6. The molecule has 2 N–H and O–H groups in total. The van der Waals surface area contributed by atoms with Gasteiger partial charge in [-0.2, -0.15) is 0 Å². The van der Waals surface area contributed by atoms with Crippen molar-refractivity contribution in [2.45, 2.75) is 65.3 Å². The average molecular weight is 377 g/mol. The summed E-state index contributed by atoms with van der Waals surface area (Å²) in [6.07, 6.45) is -1.73. The number of amides is 3. The van der Waals surface area contributed by atoms with Gasteiger partial charge in [0.15, 0.2) is 0 Å². The lowest BCUT2D eigenvalue weighted by atomic mass is 10.1. The number of rotatable bonds is 4. The quantitative estimate of drug-likeness (QED) is 0.787. The zero-order chi connectivity index (χ0) is 20.1. The van der Waals surface area contributed by atoms with Crippen LogP contribution in [0.4, 0.5) is 9.59 Å². The molecule has 2 atom stereocenters. The molecule has 0 spiro atoms. The van der Waals surface area contributed by atoms with Crippen LogP contribution < -0.4 is 10.7 Å². The molecule has 1 aromatic rings. The number of nitrogens with one attached hydrogen (secondary N) is 2. The number of benzene rings is 1. The average Bonchev–Trinajstić information content (AvgIpc) is 2.89. The van der Waals surface area contributed by atoms with E-state index in [1.165, 1.54) is 6.92 Å². The molecular weight excluding hydrogens is 350 g/mol. The minimum Gasteiger partial charge on any atom is -0.446 e. The number of hydrazine groups is 1. The van der Waals surface area contributed by atoms with E-state index in [0.29, 0.717) is 6.42 Å². The molecule has 8 heteroatoms. The minimum atomic E-state index is -0.761. The van der Waals surface area contributed by atoms with Crippen LogP contribution in [-0.4, -0.2) is 41.4 Å². The van der Waals surface area contributed by atoms with E-state index in [9.17, 15) is 14.4 Å². The number of fused-ring (bicyclic) bond motifs is 1. The van der Waals surface area contributed by atoms with Crippen LogP contribution in [0.3, 0.4) is 0 Å². The van der Waals surface area contributed by atoms with Crippen LogP contribution in [0.1, 0.15) is 51.8 Å². The Balaban J connectivity index is 2.33. The predicted molar refractivity (Wildman–Crippen MR) is 98.7 cm³/mol. The first-order valence-electron chi connectivity index (χ1n) is 9.01. The van der Waals surface area contributed by atoms with Crippen molar-refractivity contribution in [3.05, 3.63) is 35.4 Å². The van der Waals surface area contributed by atoms with E-state index >= 15 is 0 Å². The van der Waals surface area contributed by atoms with Gasteiger partial charge in [0.1, 0.15) is 0 Å².